The first-order valence-electron chi connectivity index (χ1n) is 63.9. The van der Waals surface area contributed by atoms with E-state index >= 15 is 0 Å². The van der Waals surface area contributed by atoms with Crippen LogP contribution in [0.1, 0.15) is 57.6 Å². The van der Waals surface area contributed by atoms with Crippen molar-refractivity contribution in [2.24, 2.45) is 0 Å². The zero-order valence-corrected chi connectivity index (χ0v) is 70.0. The van der Waals surface area contributed by atoms with E-state index in [0.717, 1.165) is 60.9 Å². The van der Waals surface area contributed by atoms with Gasteiger partial charge in [0.05, 0.1) is 157 Å². The minimum absolute atomic E-state index is 0.0478. The van der Waals surface area contributed by atoms with Crippen molar-refractivity contribution in [2.45, 2.75) is 0 Å². The summed E-state index contributed by atoms with van der Waals surface area (Å²) in [6.07, 6.45) is 0. The average Bonchev–Trinajstić information content (AvgIpc) is 1.53. The molecule has 9 heteroatoms. The van der Waals surface area contributed by atoms with E-state index in [1.54, 1.807) is 36.4 Å². The average molecular weight is 1760 g/mol. The van der Waals surface area contributed by atoms with Crippen LogP contribution in [-0.4, -0.2) is 41.1 Å². The first-order valence-corrected chi connectivity index (χ1v) is 42.9. The Labute approximate surface area is 833 Å². The highest BCUT2D eigenvalue weighted by atomic mass is 15.1. The summed E-state index contributed by atoms with van der Waals surface area (Å²) in [4.78, 5) is 0. The van der Waals surface area contributed by atoms with E-state index in [2.05, 4.69) is 130 Å². The molecular formula is C126H81N9. The predicted molar refractivity (Wildman–Crippen MR) is 568 cm³/mol. The Hall–Kier alpha value is -18.2. The lowest BCUT2D eigenvalue weighted by Gasteiger charge is -2.10. The molecule has 0 aliphatic heterocycles. The van der Waals surface area contributed by atoms with Crippen molar-refractivity contribution in [3.63, 3.8) is 0 Å². The molecular weight excluding hydrogens is 1640 g/mol. The van der Waals surface area contributed by atoms with E-state index in [1.807, 2.05) is 51.6 Å². The summed E-state index contributed by atoms with van der Waals surface area (Å²) < 4.78 is 381. The molecule has 30 aromatic rings. The van der Waals surface area contributed by atoms with Crippen molar-refractivity contribution >= 4 is 196 Å². The molecule has 0 amide bonds. The van der Waals surface area contributed by atoms with Gasteiger partial charge in [0.15, 0.2) is 0 Å². The SMILES string of the molecule is [2H]c1c([2H])c([2H])c(-n2c3ccc(-n4c5c([2H])c([2H])c([2H])c([2H])c5c5c([2H])c([2H])c([2H])c([2H])c54)cc3c3cc(-n4c5c([2H])c([2H])c([2H])c([2H])c5c5c([2H])c([2H])c([2H])c([2H])c54)ccc32)c([2H])c1[2H].[2H]c1c([2H])c([2H])c(-n2c3ccc(-n4c5ccccc5c5ccccc54)cc3c3cc(-n4c5ccccc5c5ccccc54)ccc32)c([2H])c1[2H].[2H]c1c([2H])c([2H])c2c(c1[2H])c1c([2H])c([2H])c([2H])c([2H])c1n2-c1ccc2c(c1)c1cc(-n3c4c([2H])c([2H])c([2H])c([2H])c4c4c([2H])c([2H])c([2H])c([2H])c43)ccc1n2-c1ccccc1. The van der Waals surface area contributed by atoms with Crippen LogP contribution < -0.4 is 0 Å². The maximum absolute atomic E-state index is 9.04. The molecule has 9 nitrogen and oxygen atoms in total. The normalized spacial score (nSPS) is 16.4. The minimum Gasteiger partial charge on any atom is -0.309 e. The summed E-state index contributed by atoms with van der Waals surface area (Å²) in [5.74, 6) is 0. The summed E-state index contributed by atoms with van der Waals surface area (Å²) in [6.45, 7) is 0. The van der Waals surface area contributed by atoms with Gasteiger partial charge < -0.3 is 41.1 Å². The van der Waals surface area contributed by atoms with Gasteiger partial charge in [-0.1, -0.05) is 272 Å². The zero-order chi connectivity index (χ0) is 125. The third kappa shape index (κ3) is 11.6. The number of para-hydroxylation sites is 15. The van der Waals surface area contributed by atoms with Crippen LogP contribution in [0.25, 0.3) is 247 Å². The summed E-state index contributed by atoms with van der Waals surface area (Å²) in [5, 5.41) is 7.15. The minimum atomic E-state index is -0.653. The molecule has 0 atom stereocenters. The smallest absolute Gasteiger partial charge is 0.0645 e. The van der Waals surface area contributed by atoms with Crippen LogP contribution in [0, 0.1) is 0 Å². The first kappa shape index (κ1) is 45.4. The van der Waals surface area contributed by atoms with Crippen LogP contribution in [0.4, 0.5) is 0 Å². The lowest BCUT2D eigenvalue weighted by atomic mass is 10.1. The van der Waals surface area contributed by atoms with Crippen LogP contribution in [-0.2, 0) is 0 Å². The third-order valence-corrected chi connectivity index (χ3v) is 25.5. The highest BCUT2D eigenvalue weighted by Gasteiger charge is 2.25. The van der Waals surface area contributed by atoms with Crippen molar-refractivity contribution < 1.29 is 57.6 Å². The fourth-order valence-corrected chi connectivity index (χ4v) is 20.0. The first-order chi connectivity index (χ1) is 84.5. The van der Waals surface area contributed by atoms with E-state index in [4.69, 9.17) is 57.6 Å². The van der Waals surface area contributed by atoms with Crippen molar-refractivity contribution in [2.75, 3.05) is 0 Å². The Kier molecular flexibility index (Phi) is 10.2. The molecule has 0 aliphatic carbocycles. The number of hydrogen-bond donors (Lipinski definition) is 0. The van der Waals surface area contributed by atoms with Gasteiger partial charge in [0.2, 0.25) is 0 Å². The topological polar surface area (TPSA) is 44.4 Å². The Morgan fingerprint density at radius 2 is 0.267 bits per heavy atom. The van der Waals surface area contributed by atoms with Crippen LogP contribution in [0.15, 0.2) is 490 Å². The molecule has 0 bridgehead atoms. The molecule has 0 spiro atoms. The van der Waals surface area contributed by atoms with Gasteiger partial charge >= 0.3 is 0 Å². The molecule has 135 heavy (non-hydrogen) atoms. The van der Waals surface area contributed by atoms with Gasteiger partial charge in [-0.05, 0) is 218 Å². The van der Waals surface area contributed by atoms with E-state index < -0.39 is 230 Å². The standard InChI is InChI=1S/3C42H27N3/c3*1-2-12-28(13-3-1)43-41-24-22-29(44-37-18-8-4-14-31(37)32-15-5-9-19-38(32)44)26-35(41)36-27-30(23-25-42(36)43)45-39-20-10-6-16-33(39)34-17-7-11-21-40(34)45/h3*1-27H/i1D,2D,3D,4D,5D,6D,7D,8D,9D,10D,11D,12D,13D,14D,15D,16D,17D,18D,19D,20D,21D;4D,5D,6D,7D,8D,9D,10D,11D,14D,15D,16D,17D,18D,19D,20D,21D;1D,2D,3D,12D,13D. The van der Waals surface area contributed by atoms with Gasteiger partial charge in [0, 0.05) is 148 Å². The molecule has 0 saturated carbocycles. The molecule has 0 radical (unpaired) electrons. The van der Waals surface area contributed by atoms with Crippen LogP contribution in [0.2, 0.25) is 0 Å². The fraction of sp³-hybridized carbons (Fsp3) is 0. The molecule has 9 aromatic heterocycles. The predicted octanol–water partition coefficient (Wildman–Crippen LogP) is 32.9. The second kappa shape index (κ2) is 30.2. The summed E-state index contributed by atoms with van der Waals surface area (Å²) in [6, 6.07) is 52.7. The van der Waals surface area contributed by atoms with Crippen LogP contribution in [0.3, 0.4) is 0 Å². The quantitative estimate of drug-likeness (QED) is 0.138. The van der Waals surface area contributed by atoms with Crippen molar-refractivity contribution in [1.82, 2.24) is 41.1 Å². The molecule has 21 aromatic carbocycles. The maximum Gasteiger partial charge on any atom is 0.0645 e. The molecule has 0 fully saturated rings. The number of fused-ring (bicyclic) bond motifs is 27. The highest BCUT2D eigenvalue weighted by Crippen LogP contribution is 2.46. The molecule has 0 unspecified atom stereocenters. The van der Waals surface area contributed by atoms with Crippen molar-refractivity contribution in [1.29, 1.82) is 0 Å². The van der Waals surface area contributed by atoms with Gasteiger partial charge in [0.1, 0.15) is 0 Å². The van der Waals surface area contributed by atoms with E-state index in [1.165, 1.54) is 80.8 Å². The van der Waals surface area contributed by atoms with Gasteiger partial charge in [-0.15, -0.1) is 0 Å². The number of nitrogens with zero attached hydrogens (tertiary/aromatic N) is 9. The van der Waals surface area contributed by atoms with Gasteiger partial charge in [-0.2, -0.15) is 0 Å². The molecule has 0 saturated heterocycles. The Morgan fingerprint density at radius 1 is 0.104 bits per heavy atom. The number of aromatic nitrogens is 9. The number of hydrogen-bond acceptors (Lipinski definition) is 0. The van der Waals surface area contributed by atoms with E-state index in [-0.39, 0.29) is 156 Å². The lowest BCUT2D eigenvalue weighted by molar-refractivity contribution is 1.16. The Bertz CT molecular complexity index is 11800. The largest absolute Gasteiger partial charge is 0.309 e. The van der Waals surface area contributed by atoms with Gasteiger partial charge in [-0.25, -0.2) is 0 Å². The Morgan fingerprint density at radius 3 is 0.489 bits per heavy atom. The Balaban J connectivity index is 0.000000123. The molecule has 9 heterocycles. The summed E-state index contributed by atoms with van der Waals surface area (Å²) in [7, 11) is 0. The highest BCUT2D eigenvalue weighted by molar-refractivity contribution is 6.19. The lowest BCUT2D eigenvalue weighted by Crippen LogP contribution is -1.96. The summed E-state index contributed by atoms with van der Waals surface area (Å²) >= 11 is 0. The van der Waals surface area contributed by atoms with Crippen molar-refractivity contribution in [3.8, 4) is 51.2 Å². The maximum atomic E-state index is 9.04. The fourth-order valence-electron chi connectivity index (χ4n) is 20.0. The zero-order valence-electron chi connectivity index (χ0n) is 112. The second-order valence-corrected chi connectivity index (χ2v) is 32.4. The van der Waals surface area contributed by atoms with Gasteiger partial charge in [0.25, 0.3) is 0 Å². The molecule has 0 N–H and O–H groups in total. The van der Waals surface area contributed by atoms with E-state index in [0.29, 0.717) is 33.2 Å². The monoisotopic (exact) mass is 1760 g/mol. The van der Waals surface area contributed by atoms with Crippen LogP contribution >= 0.6 is 0 Å². The molecule has 630 valence electrons. The third-order valence-electron chi connectivity index (χ3n) is 25.5. The second-order valence-electron chi connectivity index (χ2n) is 32.4. The van der Waals surface area contributed by atoms with Crippen molar-refractivity contribution in [3.05, 3.63) is 490 Å². The van der Waals surface area contributed by atoms with Gasteiger partial charge in [-0.3, -0.25) is 0 Å². The summed E-state index contributed by atoms with van der Waals surface area (Å²) in [5.41, 5.74) is 10.2. The number of benzene rings is 21. The van der Waals surface area contributed by atoms with E-state index in [9.17, 15) is 0 Å². The molecule has 0 aliphatic rings. The molecule has 30 rings (SSSR count). The van der Waals surface area contributed by atoms with Crippen LogP contribution in [0.5, 0.6) is 0 Å². The number of rotatable bonds is 9.